The van der Waals surface area contributed by atoms with Gasteiger partial charge < -0.3 is 5.32 Å². The Kier molecular flexibility index (Phi) is 4.66. The molecule has 4 aromatic rings. The highest BCUT2D eigenvalue weighted by Gasteiger charge is 2.08. The Bertz CT molecular complexity index is 1070. The average Bonchev–Trinajstić information content (AvgIpc) is 3.12. The lowest BCUT2D eigenvalue weighted by atomic mass is 10.1. The summed E-state index contributed by atoms with van der Waals surface area (Å²) in [6.07, 6.45) is 0.983. The molecule has 0 bridgehead atoms. The quantitative estimate of drug-likeness (QED) is 0.580. The minimum Gasteiger partial charge on any atom is -0.322 e. The van der Waals surface area contributed by atoms with Crippen LogP contribution in [0, 0.1) is 0 Å². The third-order valence-corrected chi connectivity index (χ3v) is 4.59. The third kappa shape index (κ3) is 3.72. The number of amides is 1. The van der Waals surface area contributed by atoms with E-state index in [-0.39, 0.29) is 5.91 Å². The maximum absolute atomic E-state index is 12.4. The molecule has 27 heavy (non-hydrogen) atoms. The fourth-order valence-electron chi connectivity index (χ4n) is 3.00. The molecule has 0 spiro atoms. The molecule has 4 rings (SSSR count). The molecule has 5 nitrogen and oxygen atoms in total. The zero-order valence-electron chi connectivity index (χ0n) is 15.1. The first-order valence-corrected chi connectivity index (χ1v) is 9.00. The SMILES string of the molecule is CCc1ccc(NC(=O)c2ccc(Cn3nnc4ccccc43)cc2)cc1. The van der Waals surface area contributed by atoms with Crippen molar-refractivity contribution in [1.29, 1.82) is 0 Å². The highest BCUT2D eigenvalue weighted by Crippen LogP contribution is 2.15. The number of nitrogens with one attached hydrogen (secondary N) is 1. The van der Waals surface area contributed by atoms with Crippen LogP contribution >= 0.6 is 0 Å². The summed E-state index contributed by atoms with van der Waals surface area (Å²) in [5.41, 5.74) is 5.61. The number of carbonyl (C=O) groups excluding carboxylic acids is 1. The van der Waals surface area contributed by atoms with Crippen LogP contribution in [0.15, 0.2) is 72.8 Å². The van der Waals surface area contributed by atoms with E-state index in [0.29, 0.717) is 12.1 Å². The Labute approximate surface area is 157 Å². The van der Waals surface area contributed by atoms with Crippen LogP contribution < -0.4 is 5.32 Å². The number of benzene rings is 3. The first kappa shape index (κ1) is 17.0. The Hall–Kier alpha value is -3.47. The molecule has 0 saturated heterocycles. The number of para-hydroxylation sites is 1. The van der Waals surface area contributed by atoms with Crippen molar-refractivity contribution >= 4 is 22.6 Å². The maximum Gasteiger partial charge on any atom is 0.255 e. The van der Waals surface area contributed by atoms with E-state index in [0.717, 1.165) is 28.7 Å². The minimum atomic E-state index is -0.114. The van der Waals surface area contributed by atoms with Crippen molar-refractivity contribution in [3.63, 3.8) is 0 Å². The number of nitrogens with zero attached hydrogens (tertiary/aromatic N) is 3. The number of carbonyl (C=O) groups is 1. The molecule has 0 radical (unpaired) electrons. The lowest BCUT2D eigenvalue weighted by Gasteiger charge is -2.07. The van der Waals surface area contributed by atoms with E-state index in [9.17, 15) is 4.79 Å². The molecule has 0 unspecified atom stereocenters. The van der Waals surface area contributed by atoms with Gasteiger partial charge >= 0.3 is 0 Å². The lowest BCUT2D eigenvalue weighted by molar-refractivity contribution is 0.102. The van der Waals surface area contributed by atoms with E-state index in [2.05, 4.69) is 22.6 Å². The summed E-state index contributed by atoms with van der Waals surface area (Å²) in [6, 6.07) is 23.4. The Morgan fingerprint density at radius 3 is 2.37 bits per heavy atom. The van der Waals surface area contributed by atoms with Crippen molar-refractivity contribution in [1.82, 2.24) is 15.0 Å². The van der Waals surface area contributed by atoms with Crippen molar-refractivity contribution in [2.75, 3.05) is 5.32 Å². The average molecular weight is 356 g/mol. The van der Waals surface area contributed by atoms with E-state index in [1.54, 1.807) is 0 Å². The number of hydrogen-bond acceptors (Lipinski definition) is 3. The highest BCUT2D eigenvalue weighted by atomic mass is 16.1. The number of anilines is 1. The van der Waals surface area contributed by atoms with Crippen LogP contribution in [0.4, 0.5) is 5.69 Å². The van der Waals surface area contributed by atoms with Gasteiger partial charge in [0.15, 0.2) is 0 Å². The van der Waals surface area contributed by atoms with Gasteiger partial charge in [0.1, 0.15) is 5.52 Å². The maximum atomic E-state index is 12.4. The molecule has 0 aliphatic heterocycles. The second-order valence-corrected chi connectivity index (χ2v) is 6.44. The van der Waals surface area contributed by atoms with Crippen LogP contribution in [-0.4, -0.2) is 20.9 Å². The van der Waals surface area contributed by atoms with Gasteiger partial charge in [-0.05, 0) is 53.9 Å². The van der Waals surface area contributed by atoms with E-state index in [1.807, 2.05) is 77.5 Å². The molecular weight excluding hydrogens is 336 g/mol. The van der Waals surface area contributed by atoms with Crippen LogP contribution in [0.1, 0.15) is 28.4 Å². The van der Waals surface area contributed by atoms with Gasteiger partial charge in [0.05, 0.1) is 12.1 Å². The van der Waals surface area contributed by atoms with Crippen molar-refractivity contribution in [3.05, 3.63) is 89.5 Å². The van der Waals surface area contributed by atoms with E-state index < -0.39 is 0 Å². The lowest BCUT2D eigenvalue weighted by Crippen LogP contribution is -2.12. The second kappa shape index (κ2) is 7.41. The predicted molar refractivity (Wildman–Crippen MR) is 107 cm³/mol. The molecule has 134 valence electrons. The van der Waals surface area contributed by atoms with Gasteiger partial charge in [-0.3, -0.25) is 4.79 Å². The highest BCUT2D eigenvalue weighted by molar-refractivity contribution is 6.04. The van der Waals surface area contributed by atoms with Gasteiger partial charge in [-0.25, -0.2) is 4.68 Å². The number of aryl methyl sites for hydroxylation is 1. The normalized spacial score (nSPS) is 10.9. The summed E-state index contributed by atoms with van der Waals surface area (Å²) in [6.45, 7) is 2.72. The topological polar surface area (TPSA) is 59.8 Å². The number of aromatic nitrogens is 3. The minimum absolute atomic E-state index is 0.114. The van der Waals surface area contributed by atoms with Crippen molar-refractivity contribution < 1.29 is 4.79 Å². The largest absolute Gasteiger partial charge is 0.322 e. The molecule has 0 aliphatic rings. The second-order valence-electron chi connectivity index (χ2n) is 6.44. The fraction of sp³-hybridized carbons (Fsp3) is 0.136. The molecule has 3 aromatic carbocycles. The van der Waals surface area contributed by atoms with Gasteiger partial charge in [-0.15, -0.1) is 5.10 Å². The Morgan fingerprint density at radius 1 is 0.926 bits per heavy atom. The van der Waals surface area contributed by atoms with Crippen molar-refractivity contribution in [3.8, 4) is 0 Å². The smallest absolute Gasteiger partial charge is 0.255 e. The third-order valence-electron chi connectivity index (χ3n) is 4.59. The predicted octanol–water partition coefficient (Wildman–Crippen LogP) is 4.29. The monoisotopic (exact) mass is 356 g/mol. The van der Waals surface area contributed by atoms with E-state index in [1.165, 1.54) is 5.56 Å². The standard InChI is InChI=1S/C22H20N4O/c1-2-16-9-13-19(14-10-16)23-22(27)18-11-7-17(8-12-18)15-26-21-6-4-3-5-20(21)24-25-26/h3-14H,2,15H2,1H3,(H,23,27). The summed E-state index contributed by atoms with van der Waals surface area (Å²) < 4.78 is 1.86. The first-order chi connectivity index (χ1) is 13.2. The van der Waals surface area contributed by atoms with Crippen LogP contribution in [0.25, 0.3) is 11.0 Å². The molecule has 1 heterocycles. The Morgan fingerprint density at radius 2 is 1.63 bits per heavy atom. The molecule has 1 amide bonds. The molecule has 0 saturated carbocycles. The summed E-state index contributed by atoms with van der Waals surface area (Å²) in [5, 5.41) is 11.3. The summed E-state index contributed by atoms with van der Waals surface area (Å²) in [5.74, 6) is -0.114. The van der Waals surface area contributed by atoms with Gasteiger partial charge in [0.25, 0.3) is 5.91 Å². The van der Waals surface area contributed by atoms with Crippen LogP contribution in [0.3, 0.4) is 0 Å². The number of rotatable bonds is 5. The number of hydrogen-bond donors (Lipinski definition) is 1. The van der Waals surface area contributed by atoms with Crippen molar-refractivity contribution in [2.24, 2.45) is 0 Å². The van der Waals surface area contributed by atoms with Gasteiger partial charge in [-0.2, -0.15) is 0 Å². The Balaban J connectivity index is 1.45. The van der Waals surface area contributed by atoms with Gasteiger partial charge in [-0.1, -0.05) is 48.5 Å². The molecule has 1 aromatic heterocycles. The van der Waals surface area contributed by atoms with E-state index in [4.69, 9.17) is 0 Å². The zero-order chi connectivity index (χ0) is 18.6. The van der Waals surface area contributed by atoms with Crippen LogP contribution in [-0.2, 0) is 13.0 Å². The van der Waals surface area contributed by atoms with Crippen LogP contribution in [0.5, 0.6) is 0 Å². The summed E-state index contributed by atoms with van der Waals surface area (Å²) >= 11 is 0. The first-order valence-electron chi connectivity index (χ1n) is 9.00. The molecule has 0 aliphatic carbocycles. The number of fused-ring (bicyclic) bond motifs is 1. The zero-order valence-corrected chi connectivity index (χ0v) is 15.1. The molecule has 1 N–H and O–H groups in total. The molecule has 0 fully saturated rings. The summed E-state index contributed by atoms with van der Waals surface area (Å²) in [4.78, 5) is 12.4. The van der Waals surface area contributed by atoms with Crippen LogP contribution in [0.2, 0.25) is 0 Å². The summed E-state index contributed by atoms with van der Waals surface area (Å²) in [7, 11) is 0. The van der Waals surface area contributed by atoms with Crippen molar-refractivity contribution in [2.45, 2.75) is 19.9 Å². The van der Waals surface area contributed by atoms with Gasteiger partial charge in [0.2, 0.25) is 0 Å². The fourth-order valence-corrected chi connectivity index (χ4v) is 3.00. The molecule has 0 atom stereocenters. The van der Waals surface area contributed by atoms with E-state index >= 15 is 0 Å². The van der Waals surface area contributed by atoms with Gasteiger partial charge in [0, 0.05) is 11.3 Å². The molecular formula is C22H20N4O. The molecule has 5 heteroatoms.